The van der Waals surface area contributed by atoms with E-state index in [0.717, 1.165) is 5.56 Å². The van der Waals surface area contributed by atoms with Gasteiger partial charge in [-0.15, -0.1) is 0 Å². The quantitative estimate of drug-likeness (QED) is 0.631. The molecule has 1 N–H and O–H groups in total. The number of hydrogen-bond acceptors (Lipinski definition) is 3. The summed E-state index contributed by atoms with van der Waals surface area (Å²) < 4.78 is 21.0. The lowest BCUT2D eigenvalue weighted by atomic mass is 9.92. The molecule has 0 aliphatic rings. The number of carboxylic acids is 1. The van der Waals surface area contributed by atoms with Crippen LogP contribution in [0, 0.1) is 19.7 Å². The van der Waals surface area contributed by atoms with E-state index in [1.807, 2.05) is 26.0 Å². The topological polar surface area (TPSA) is 68.5 Å². The molecule has 6 heteroatoms. The molecule has 0 amide bonds. The molecule has 1 atom stereocenters. The second-order valence-electron chi connectivity index (χ2n) is 7.19. The van der Waals surface area contributed by atoms with Gasteiger partial charge in [0, 0.05) is 22.7 Å². The van der Waals surface area contributed by atoms with Gasteiger partial charge < -0.3 is 9.84 Å². The largest absolute Gasteiger partial charge is 0.494 e. The molecule has 1 aromatic heterocycles. The van der Waals surface area contributed by atoms with Crippen LogP contribution < -0.4 is 4.74 Å². The average Bonchev–Trinajstić information content (AvgIpc) is 2.95. The standard InChI is InChI=1S/C23H24FNO4/c1-5-6-16(23(27)28)21-14(3)25(22(26)15-9-7-13(2)8-10-15)19-12-18(24)20(29-4)11-17(19)21/h7-12,16H,5-6H2,1-4H3,(H,27,28). The van der Waals surface area contributed by atoms with Crippen LogP contribution in [-0.4, -0.2) is 28.7 Å². The Morgan fingerprint density at radius 2 is 1.83 bits per heavy atom. The number of rotatable bonds is 6. The fraction of sp³-hybridized carbons (Fsp3) is 0.304. The van der Waals surface area contributed by atoms with Crippen molar-refractivity contribution in [2.75, 3.05) is 7.11 Å². The minimum atomic E-state index is -0.972. The van der Waals surface area contributed by atoms with E-state index in [0.29, 0.717) is 40.6 Å². The molecule has 152 valence electrons. The van der Waals surface area contributed by atoms with E-state index < -0.39 is 17.7 Å². The van der Waals surface area contributed by atoms with E-state index in [-0.39, 0.29) is 11.7 Å². The number of aryl methyl sites for hydroxylation is 1. The third kappa shape index (κ3) is 3.62. The van der Waals surface area contributed by atoms with Crippen molar-refractivity contribution in [2.24, 2.45) is 0 Å². The Hall–Kier alpha value is -3.15. The normalized spacial score (nSPS) is 12.2. The molecule has 0 saturated heterocycles. The van der Waals surface area contributed by atoms with Crippen LogP contribution in [0.2, 0.25) is 0 Å². The number of fused-ring (bicyclic) bond motifs is 1. The summed E-state index contributed by atoms with van der Waals surface area (Å²) in [6, 6.07) is 9.80. The van der Waals surface area contributed by atoms with Gasteiger partial charge in [-0.3, -0.25) is 14.2 Å². The molecule has 0 radical (unpaired) electrons. The first kappa shape index (κ1) is 20.6. The van der Waals surface area contributed by atoms with Crippen molar-refractivity contribution in [1.29, 1.82) is 0 Å². The number of carboxylic acid groups (broad SMARTS) is 1. The van der Waals surface area contributed by atoms with Crippen LogP contribution in [0.25, 0.3) is 10.9 Å². The van der Waals surface area contributed by atoms with E-state index in [1.165, 1.54) is 23.8 Å². The molecule has 1 unspecified atom stereocenters. The zero-order valence-corrected chi connectivity index (χ0v) is 17.0. The second-order valence-corrected chi connectivity index (χ2v) is 7.19. The van der Waals surface area contributed by atoms with Gasteiger partial charge in [0.1, 0.15) is 0 Å². The molecule has 0 saturated carbocycles. The number of hydrogen-bond donors (Lipinski definition) is 1. The summed E-state index contributed by atoms with van der Waals surface area (Å²) in [6.07, 6.45) is 1.07. The van der Waals surface area contributed by atoms with E-state index >= 15 is 0 Å². The Morgan fingerprint density at radius 1 is 1.17 bits per heavy atom. The molecule has 3 aromatic rings. The molecular formula is C23H24FNO4. The molecule has 29 heavy (non-hydrogen) atoms. The summed E-state index contributed by atoms with van der Waals surface area (Å²) in [4.78, 5) is 25.3. The van der Waals surface area contributed by atoms with Gasteiger partial charge in [-0.25, -0.2) is 4.39 Å². The third-order valence-electron chi connectivity index (χ3n) is 5.25. The first-order valence-corrected chi connectivity index (χ1v) is 9.52. The van der Waals surface area contributed by atoms with Crippen LogP contribution in [-0.2, 0) is 4.79 Å². The molecule has 2 aromatic carbocycles. The molecule has 0 spiro atoms. The minimum absolute atomic E-state index is 0.0133. The Morgan fingerprint density at radius 3 is 2.38 bits per heavy atom. The van der Waals surface area contributed by atoms with Crippen molar-refractivity contribution in [1.82, 2.24) is 4.57 Å². The summed E-state index contributed by atoms with van der Waals surface area (Å²) >= 11 is 0. The fourth-order valence-electron chi connectivity index (χ4n) is 3.80. The van der Waals surface area contributed by atoms with Crippen LogP contribution in [0.3, 0.4) is 0 Å². The first-order valence-electron chi connectivity index (χ1n) is 9.52. The predicted octanol–water partition coefficient (Wildman–Crippen LogP) is 5.06. The van der Waals surface area contributed by atoms with Gasteiger partial charge >= 0.3 is 5.97 Å². The van der Waals surface area contributed by atoms with E-state index in [1.54, 1.807) is 19.1 Å². The summed E-state index contributed by atoms with van der Waals surface area (Å²) in [6.45, 7) is 5.53. The number of ether oxygens (including phenoxy) is 1. The number of nitrogens with zero attached hydrogens (tertiary/aromatic N) is 1. The number of halogens is 1. The molecule has 0 fully saturated rings. The Labute approximate surface area is 168 Å². The number of aliphatic carboxylic acids is 1. The monoisotopic (exact) mass is 397 g/mol. The Kier molecular flexibility index (Phi) is 5.73. The van der Waals surface area contributed by atoms with Gasteiger partial charge in [-0.1, -0.05) is 31.0 Å². The van der Waals surface area contributed by atoms with Crippen molar-refractivity contribution in [3.05, 3.63) is 64.6 Å². The van der Waals surface area contributed by atoms with Crippen LogP contribution >= 0.6 is 0 Å². The lowest BCUT2D eigenvalue weighted by Crippen LogP contribution is -2.16. The van der Waals surface area contributed by atoms with Gasteiger partial charge in [0.15, 0.2) is 11.6 Å². The molecule has 3 rings (SSSR count). The SMILES string of the molecule is CCCC(C(=O)O)c1c(C)n(C(=O)c2ccc(C)cc2)c2cc(F)c(OC)cc12. The Bertz CT molecular complexity index is 1080. The van der Waals surface area contributed by atoms with E-state index in [4.69, 9.17) is 4.74 Å². The molecule has 0 aliphatic carbocycles. The fourth-order valence-corrected chi connectivity index (χ4v) is 3.80. The summed E-state index contributed by atoms with van der Waals surface area (Å²) in [5.74, 6) is -2.70. The number of carbonyl (C=O) groups is 2. The molecule has 1 heterocycles. The highest BCUT2D eigenvalue weighted by molar-refractivity contribution is 6.05. The van der Waals surface area contributed by atoms with Crippen molar-refractivity contribution in [3.63, 3.8) is 0 Å². The van der Waals surface area contributed by atoms with Crippen molar-refractivity contribution < 1.29 is 23.8 Å². The number of benzene rings is 2. The minimum Gasteiger partial charge on any atom is -0.494 e. The van der Waals surface area contributed by atoms with E-state index in [9.17, 15) is 19.1 Å². The molecule has 0 bridgehead atoms. The smallest absolute Gasteiger partial charge is 0.311 e. The first-order chi connectivity index (χ1) is 13.8. The Balaban J connectivity index is 2.33. The van der Waals surface area contributed by atoms with Gasteiger partial charge in [0.25, 0.3) is 5.91 Å². The number of carbonyl (C=O) groups excluding carboxylic acids is 1. The lowest BCUT2D eigenvalue weighted by Gasteiger charge is -2.13. The zero-order valence-electron chi connectivity index (χ0n) is 17.0. The maximum absolute atomic E-state index is 14.5. The van der Waals surface area contributed by atoms with Crippen molar-refractivity contribution in [2.45, 2.75) is 39.5 Å². The molecular weight excluding hydrogens is 373 g/mol. The van der Waals surface area contributed by atoms with Gasteiger partial charge in [0.2, 0.25) is 0 Å². The molecule has 0 aliphatic heterocycles. The van der Waals surface area contributed by atoms with Crippen LogP contribution in [0.15, 0.2) is 36.4 Å². The zero-order chi connectivity index (χ0) is 21.3. The van der Waals surface area contributed by atoms with Crippen LogP contribution in [0.4, 0.5) is 4.39 Å². The van der Waals surface area contributed by atoms with Gasteiger partial charge in [-0.05, 0) is 44.0 Å². The van der Waals surface area contributed by atoms with E-state index in [2.05, 4.69) is 0 Å². The highest BCUT2D eigenvalue weighted by atomic mass is 19.1. The maximum Gasteiger partial charge on any atom is 0.311 e. The predicted molar refractivity (Wildman–Crippen MR) is 109 cm³/mol. The lowest BCUT2D eigenvalue weighted by molar-refractivity contribution is -0.139. The van der Waals surface area contributed by atoms with Crippen LogP contribution in [0.1, 0.15) is 52.9 Å². The molecule has 5 nitrogen and oxygen atoms in total. The summed E-state index contributed by atoms with van der Waals surface area (Å²) in [5.41, 5.74) is 2.82. The summed E-state index contributed by atoms with van der Waals surface area (Å²) in [7, 11) is 1.35. The second kappa shape index (κ2) is 8.07. The van der Waals surface area contributed by atoms with Gasteiger partial charge in [-0.2, -0.15) is 0 Å². The highest BCUT2D eigenvalue weighted by Gasteiger charge is 2.29. The average molecular weight is 397 g/mol. The highest BCUT2D eigenvalue weighted by Crippen LogP contribution is 2.38. The van der Waals surface area contributed by atoms with Gasteiger partial charge in [0.05, 0.1) is 18.5 Å². The summed E-state index contributed by atoms with van der Waals surface area (Å²) in [5, 5.41) is 10.3. The number of aromatic nitrogens is 1. The maximum atomic E-state index is 14.5. The van der Waals surface area contributed by atoms with Crippen LogP contribution in [0.5, 0.6) is 5.75 Å². The number of methoxy groups -OCH3 is 1. The van der Waals surface area contributed by atoms with Crippen molar-refractivity contribution >= 4 is 22.8 Å². The third-order valence-corrected chi connectivity index (χ3v) is 5.25. The van der Waals surface area contributed by atoms with Crippen molar-refractivity contribution in [3.8, 4) is 5.75 Å².